The molecule has 5 aromatic rings. The number of pyridine rings is 1. The van der Waals surface area contributed by atoms with Crippen molar-refractivity contribution in [3.63, 3.8) is 0 Å². The molecule has 134 valence electrons. The average molecular weight is 376 g/mol. The number of nitrogens with one attached hydrogen (secondary N) is 1. The van der Waals surface area contributed by atoms with Crippen molar-refractivity contribution in [3.8, 4) is 0 Å². The Morgan fingerprint density at radius 1 is 1.19 bits per heavy atom. The Bertz CT molecular complexity index is 1250. The molecule has 0 saturated heterocycles. The molecule has 4 aromatic heterocycles. The van der Waals surface area contributed by atoms with Crippen LogP contribution in [-0.4, -0.2) is 34.6 Å². The van der Waals surface area contributed by atoms with E-state index in [0.29, 0.717) is 0 Å². The molecular weight excluding hydrogens is 360 g/mol. The highest BCUT2D eigenvalue weighted by atomic mass is 32.1. The van der Waals surface area contributed by atoms with E-state index in [1.807, 2.05) is 29.9 Å². The Morgan fingerprint density at radius 3 is 2.96 bits per heavy atom. The van der Waals surface area contributed by atoms with Crippen LogP contribution >= 0.6 is 11.3 Å². The largest absolute Gasteiger partial charge is 0.327 e. The summed E-state index contributed by atoms with van der Waals surface area (Å²) in [7, 11) is 1.88. The van der Waals surface area contributed by atoms with E-state index in [2.05, 4.69) is 55.8 Å². The second-order valence-electron chi connectivity index (χ2n) is 6.36. The smallest absolute Gasteiger partial charge is 0.236 e. The van der Waals surface area contributed by atoms with Gasteiger partial charge in [-0.15, -0.1) is 15.3 Å². The van der Waals surface area contributed by atoms with Crippen molar-refractivity contribution < 1.29 is 0 Å². The number of hydrogen-bond acceptors (Lipinski definition) is 7. The van der Waals surface area contributed by atoms with Crippen LogP contribution in [-0.2, 0) is 7.05 Å². The van der Waals surface area contributed by atoms with Crippen molar-refractivity contribution in [3.05, 3.63) is 60.3 Å². The maximum atomic E-state index is 4.64. The molecule has 0 aliphatic rings. The summed E-state index contributed by atoms with van der Waals surface area (Å²) in [6, 6.07) is 10.3. The molecule has 0 aliphatic carbocycles. The zero-order valence-corrected chi connectivity index (χ0v) is 15.6. The van der Waals surface area contributed by atoms with Gasteiger partial charge in [-0.05, 0) is 23.8 Å². The predicted molar refractivity (Wildman–Crippen MR) is 104 cm³/mol. The van der Waals surface area contributed by atoms with E-state index < -0.39 is 0 Å². The van der Waals surface area contributed by atoms with E-state index in [1.54, 1.807) is 17.1 Å². The number of hydrogen-bond donors (Lipinski definition) is 1. The lowest BCUT2D eigenvalue weighted by Gasteiger charge is -2.10. The van der Waals surface area contributed by atoms with E-state index in [9.17, 15) is 0 Å². The van der Waals surface area contributed by atoms with E-state index in [-0.39, 0.29) is 5.92 Å². The van der Waals surface area contributed by atoms with E-state index in [4.69, 9.17) is 0 Å². The first-order valence-electron chi connectivity index (χ1n) is 8.50. The molecule has 27 heavy (non-hydrogen) atoms. The number of nitrogens with zero attached hydrogens (tertiary/aromatic N) is 7. The van der Waals surface area contributed by atoms with Gasteiger partial charge in [0.25, 0.3) is 0 Å². The van der Waals surface area contributed by atoms with Gasteiger partial charge >= 0.3 is 0 Å². The molecular formula is C18H16N8S. The molecule has 0 fully saturated rings. The molecule has 0 spiro atoms. The Morgan fingerprint density at radius 2 is 2.11 bits per heavy atom. The molecule has 1 aromatic carbocycles. The number of aryl methyl sites for hydroxylation is 1. The average Bonchev–Trinajstić information content (AvgIpc) is 3.37. The lowest BCUT2D eigenvalue weighted by Crippen LogP contribution is -2.04. The number of rotatable bonds is 4. The Kier molecular flexibility index (Phi) is 3.61. The van der Waals surface area contributed by atoms with Gasteiger partial charge in [0.1, 0.15) is 0 Å². The Balaban J connectivity index is 1.49. The predicted octanol–water partition coefficient (Wildman–Crippen LogP) is 3.36. The van der Waals surface area contributed by atoms with Gasteiger partial charge in [0.15, 0.2) is 5.82 Å². The summed E-state index contributed by atoms with van der Waals surface area (Å²) in [4.78, 5) is 5.14. The van der Waals surface area contributed by atoms with Gasteiger partial charge in [-0.25, -0.2) is 0 Å². The second-order valence-corrected chi connectivity index (χ2v) is 7.32. The molecule has 5 rings (SSSR count). The SMILES string of the molecule is CC(c1ccc2ncccc2c1)c1nnc2sc(Nc3cnn(C)c3)nn12. The summed E-state index contributed by atoms with van der Waals surface area (Å²) in [6.07, 6.45) is 5.46. The van der Waals surface area contributed by atoms with Crippen LogP contribution in [0.1, 0.15) is 24.2 Å². The normalized spacial score (nSPS) is 12.7. The summed E-state index contributed by atoms with van der Waals surface area (Å²) in [5.41, 5.74) is 3.02. The zero-order valence-electron chi connectivity index (χ0n) is 14.7. The molecule has 4 heterocycles. The fraction of sp³-hybridized carbons (Fsp3) is 0.167. The van der Waals surface area contributed by atoms with Crippen LogP contribution in [0.4, 0.5) is 10.8 Å². The molecule has 0 radical (unpaired) electrons. The van der Waals surface area contributed by atoms with Gasteiger partial charge in [-0.1, -0.05) is 30.4 Å². The number of benzene rings is 1. The third kappa shape index (κ3) is 2.81. The lowest BCUT2D eigenvalue weighted by molar-refractivity contribution is 0.759. The Labute approximate surface area is 158 Å². The minimum absolute atomic E-state index is 0.0537. The quantitative estimate of drug-likeness (QED) is 0.518. The molecule has 0 aliphatic heterocycles. The van der Waals surface area contributed by atoms with Crippen molar-refractivity contribution in [2.75, 3.05) is 5.32 Å². The van der Waals surface area contributed by atoms with Crippen LogP contribution in [0.15, 0.2) is 48.9 Å². The summed E-state index contributed by atoms with van der Waals surface area (Å²) in [5, 5.41) is 22.6. The van der Waals surface area contributed by atoms with Gasteiger partial charge in [0.2, 0.25) is 10.1 Å². The van der Waals surface area contributed by atoms with Crippen LogP contribution in [0.5, 0.6) is 0 Å². The summed E-state index contributed by atoms with van der Waals surface area (Å²) in [5.74, 6) is 0.863. The highest BCUT2D eigenvalue weighted by Crippen LogP contribution is 2.29. The monoisotopic (exact) mass is 376 g/mol. The second kappa shape index (κ2) is 6.13. The summed E-state index contributed by atoms with van der Waals surface area (Å²) < 4.78 is 3.55. The van der Waals surface area contributed by atoms with Crippen molar-refractivity contribution in [2.24, 2.45) is 7.05 Å². The highest BCUT2D eigenvalue weighted by Gasteiger charge is 2.19. The topological polar surface area (TPSA) is 85.8 Å². The van der Waals surface area contributed by atoms with Crippen molar-refractivity contribution in [1.29, 1.82) is 0 Å². The van der Waals surface area contributed by atoms with Crippen LogP contribution in [0.25, 0.3) is 15.9 Å². The van der Waals surface area contributed by atoms with Gasteiger partial charge in [0, 0.05) is 30.7 Å². The molecule has 0 bridgehead atoms. The van der Waals surface area contributed by atoms with Crippen LogP contribution in [0, 0.1) is 0 Å². The van der Waals surface area contributed by atoms with Crippen molar-refractivity contribution >= 4 is 38.0 Å². The lowest BCUT2D eigenvalue weighted by atomic mass is 9.99. The van der Waals surface area contributed by atoms with Gasteiger partial charge in [0.05, 0.1) is 17.4 Å². The van der Waals surface area contributed by atoms with Crippen LogP contribution in [0.2, 0.25) is 0 Å². The maximum absolute atomic E-state index is 4.64. The first-order chi connectivity index (χ1) is 13.2. The van der Waals surface area contributed by atoms with E-state index in [1.165, 1.54) is 11.3 Å². The third-order valence-corrected chi connectivity index (χ3v) is 5.30. The fourth-order valence-electron chi connectivity index (χ4n) is 3.07. The molecule has 1 atom stereocenters. The maximum Gasteiger partial charge on any atom is 0.236 e. The first kappa shape index (κ1) is 15.9. The minimum atomic E-state index is 0.0537. The highest BCUT2D eigenvalue weighted by molar-refractivity contribution is 7.20. The van der Waals surface area contributed by atoms with Crippen LogP contribution in [0.3, 0.4) is 0 Å². The number of anilines is 2. The molecule has 1 unspecified atom stereocenters. The standard InChI is InChI=1S/C18H16N8S/c1-11(12-5-6-15-13(8-12)4-3-7-19-15)16-22-23-18-26(16)24-17(27-18)21-14-9-20-25(2)10-14/h3-11H,1-2H3,(H,21,24). The van der Waals surface area contributed by atoms with Gasteiger partial charge in [-0.2, -0.15) is 9.61 Å². The third-order valence-electron chi connectivity index (χ3n) is 4.49. The van der Waals surface area contributed by atoms with E-state index >= 15 is 0 Å². The Hall–Kier alpha value is -3.33. The molecule has 0 saturated carbocycles. The van der Waals surface area contributed by atoms with Crippen LogP contribution < -0.4 is 5.32 Å². The zero-order chi connectivity index (χ0) is 18.4. The number of aromatic nitrogens is 7. The molecule has 1 N–H and O–H groups in total. The summed E-state index contributed by atoms with van der Waals surface area (Å²) in [6.45, 7) is 2.11. The molecule has 9 heteroatoms. The summed E-state index contributed by atoms with van der Waals surface area (Å²) >= 11 is 1.46. The fourth-order valence-corrected chi connectivity index (χ4v) is 3.84. The number of fused-ring (bicyclic) bond motifs is 2. The van der Waals surface area contributed by atoms with Crippen molar-refractivity contribution in [1.82, 2.24) is 34.6 Å². The minimum Gasteiger partial charge on any atom is -0.327 e. The first-order valence-corrected chi connectivity index (χ1v) is 9.31. The van der Waals surface area contributed by atoms with Gasteiger partial charge in [-0.3, -0.25) is 9.67 Å². The molecule has 0 amide bonds. The van der Waals surface area contributed by atoms with Gasteiger partial charge < -0.3 is 5.32 Å². The molecule has 8 nitrogen and oxygen atoms in total. The van der Waals surface area contributed by atoms with E-state index in [0.717, 1.165) is 38.1 Å². The van der Waals surface area contributed by atoms with Crippen molar-refractivity contribution in [2.45, 2.75) is 12.8 Å².